The van der Waals surface area contributed by atoms with Gasteiger partial charge in [0, 0.05) is 22.4 Å². The maximum absolute atomic E-state index is 9.98. The summed E-state index contributed by atoms with van der Waals surface area (Å²) in [4.78, 5) is 1.19. The molecule has 20 heavy (non-hydrogen) atoms. The number of anilines is 1. The fourth-order valence-electron chi connectivity index (χ4n) is 3.09. The average molecular weight is 281 g/mol. The Kier molecular flexibility index (Phi) is 2.59. The summed E-state index contributed by atoms with van der Waals surface area (Å²) in [5.41, 5.74) is 2.09. The summed E-state index contributed by atoms with van der Waals surface area (Å²) in [5.74, 6) is 0. The molecule has 1 aromatic heterocycles. The molecule has 4 rings (SSSR count). The third kappa shape index (κ3) is 1.60. The Balaban J connectivity index is 1.89. The Morgan fingerprint density at radius 1 is 1.10 bits per heavy atom. The summed E-state index contributed by atoms with van der Waals surface area (Å²) in [5, 5.41) is 18.1. The van der Waals surface area contributed by atoms with Crippen LogP contribution in [0, 0.1) is 0 Å². The predicted octanol–water partition coefficient (Wildman–Crippen LogP) is 3.76. The highest BCUT2D eigenvalue weighted by Crippen LogP contribution is 2.43. The highest BCUT2D eigenvalue weighted by Gasteiger charge is 2.39. The van der Waals surface area contributed by atoms with Crippen molar-refractivity contribution in [1.29, 1.82) is 0 Å². The normalized spacial score (nSPS) is 20.9. The molecule has 0 bridgehead atoms. The number of fused-ring (bicyclic) bond motifs is 3. The summed E-state index contributed by atoms with van der Waals surface area (Å²) >= 11 is 1.70. The Hall–Kier alpha value is -1.84. The van der Waals surface area contributed by atoms with Crippen molar-refractivity contribution in [2.75, 3.05) is 11.9 Å². The lowest BCUT2D eigenvalue weighted by molar-refractivity contribution is 0.218. The minimum Gasteiger partial charge on any atom is -0.394 e. The van der Waals surface area contributed by atoms with Gasteiger partial charge in [-0.25, -0.2) is 0 Å². The summed E-state index contributed by atoms with van der Waals surface area (Å²) in [6.07, 6.45) is 0.837. The fraction of sp³-hybridized carbons (Fsp3) is 0.176. The number of hydrogen-bond acceptors (Lipinski definition) is 3. The maximum atomic E-state index is 9.98. The molecule has 2 nitrogen and oxygen atoms in total. The Bertz CT molecular complexity index is 766. The monoisotopic (exact) mass is 281 g/mol. The molecule has 1 atom stereocenters. The zero-order valence-electron chi connectivity index (χ0n) is 11.0. The molecule has 0 aliphatic carbocycles. The van der Waals surface area contributed by atoms with Gasteiger partial charge in [-0.2, -0.15) is 0 Å². The van der Waals surface area contributed by atoms with Gasteiger partial charge in [-0.05, 0) is 22.4 Å². The van der Waals surface area contributed by atoms with Crippen molar-refractivity contribution in [1.82, 2.24) is 0 Å². The van der Waals surface area contributed by atoms with Crippen molar-refractivity contribution in [2.45, 2.75) is 12.0 Å². The van der Waals surface area contributed by atoms with Crippen LogP contribution in [-0.4, -0.2) is 11.7 Å². The molecule has 1 aliphatic heterocycles. The van der Waals surface area contributed by atoms with E-state index in [-0.39, 0.29) is 12.1 Å². The molecule has 0 radical (unpaired) electrons. The molecule has 0 saturated carbocycles. The van der Waals surface area contributed by atoms with Crippen molar-refractivity contribution in [2.24, 2.45) is 0 Å². The Labute approximate surface area is 121 Å². The molecular formula is C17H15NOS. The van der Waals surface area contributed by atoms with E-state index in [9.17, 15) is 5.11 Å². The third-order valence-corrected chi connectivity index (χ3v) is 5.21. The van der Waals surface area contributed by atoms with Crippen LogP contribution >= 0.6 is 11.3 Å². The standard InChI is InChI=1S/C17H15NOS/c19-11-17(15-6-3-9-20-15)10-13-8-7-12-4-1-2-5-14(12)16(13)18-17/h1-9,18-19H,10-11H2/t17-/m1/s1. The van der Waals surface area contributed by atoms with Gasteiger partial charge in [0.05, 0.1) is 12.1 Å². The van der Waals surface area contributed by atoms with E-state index in [1.54, 1.807) is 11.3 Å². The minimum absolute atomic E-state index is 0.108. The molecule has 0 spiro atoms. The SMILES string of the molecule is OC[C@@]1(c2cccs2)Cc2ccc3ccccc3c2N1. The van der Waals surface area contributed by atoms with Gasteiger partial charge in [-0.3, -0.25) is 0 Å². The molecule has 0 fully saturated rings. The predicted molar refractivity (Wildman–Crippen MR) is 84.4 cm³/mol. The van der Waals surface area contributed by atoms with Crippen LogP contribution in [0.5, 0.6) is 0 Å². The molecule has 100 valence electrons. The van der Waals surface area contributed by atoms with E-state index >= 15 is 0 Å². The van der Waals surface area contributed by atoms with Crippen LogP contribution in [-0.2, 0) is 12.0 Å². The van der Waals surface area contributed by atoms with Crippen molar-refractivity contribution >= 4 is 27.8 Å². The Morgan fingerprint density at radius 2 is 2.00 bits per heavy atom. The van der Waals surface area contributed by atoms with Crippen molar-refractivity contribution in [3.63, 3.8) is 0 Å². The maximum Gasteiger partial charge on any atom is 0.0991 e. The summed E-state index contributed by atoms with van der Waals surface area (Å²) in [7, 11) is 0. The first kappa shape index (κ1) is 11.9. The molecule has 2 aromatic carbocycles. The van der Waals surface area contributed by atoms with Crippen LogP contribution in [0.3, 0.4) is 0 Å². The largest absolute Gasteiger partial charge is 0.394 e. The highest BCUT2D eigenvalue weighted by atomic mass is 32.1. The molecule has 0 saturated heterocycles. The first-order chi connectivity index (χ1) is 9.82. The highest BCUT2D eigenvalue weighted by molar-refractivity contribution is 7.10. The lowest BCUT2D eigenvalue weighted by Gasteiger charge is -2.26. The molecular weight excluding hydrogens is 266 g/mol. The first-order valence-electron chi connectivity index (χ1n) is 6.76. The summed E-state index contributed by atoms with van der Waals surface area (Å²) in [6, 6.07) is 16.9. The number of aliphatic hydroxyl groups excluding tert-OH is 1. The first-order valence-corrected chi connectivity index (χ1v) is 7.64. The summed E-state index contributed by atoms with van der Waals surface area (Å²) < 4.78 is 0. The smallest absolute Gasteiger partial charge is 0.0991 e. The van der Waals surface area contributed by atoms with Gasteiger partial charge in [-0.15, -0.1) is 11.3 Å². The lowest BCUT2D eigenvalue weighted by atomic mass is 9.94. The topological polar surface area (TPSA) is 32.3 Å². The quantitative estimate of drug-likeness (QED) is 0.749. The molecule has 2 heterocycles. The molecule has 1 aliphatic rings. The zero-order chi connectivity index (χ0) is 13.6. The van der Waals surface area contributed by atoms with Crippen LogP contribution < -0.4 is 5.32 Å². The van der Waals surface area contributed by atoms with Gasteiger partial charge in [0.1, 0.15) is 0 Å². The van der Waals surface area contributed by atoms with Crippen molar-refractivity contribution < 1.29 is 5.11 Å². The summed E-state index contributed by atoms with van der Waals surface area (Å²) in [6.45, 7) is 0.108. The number of rotatable bonds is 2. The zero-order valence-corrected chi connectivity index (χ0v) is 11.8. The van der Waals surface area contributed by atoms with Gasteiger partial charge < -0.3 is 10.4 Å². The van der Waals surface area contributed by atoms with Crippen LogP contribution in [0.25, 0.3) is 10.8 Å². The number of benzene rings is 2. The molecule has 2 N–H and O–H groups in total. The van der Waals surface area contributed by atoms with Crippen LogP contribution in [0.2, 0.25) is 0 Å². The van der Waals surface area contributed by atoms with Gasteiger partial charge >= 0.3 is 0 Å². The number of thiophene rings is 1. The van der Waals surface area contributed by atoms with Crippen molar-refractivity contribution in [3.05, 3.63) is 64.4 Å². The number of aliphatic hydroxyl groups is 1. The lowest BCUT2D eigenvalue weighted by Crippen LogP contribution is -2.36. The van der Waals surface area contributed by atoms with E-state index in [2.05, 4.69) is 53.2 Å². The van der Waals surface area contributed by atoms with Gasteiger partial charge in [-0.1, -0.05) is 42.5 Å². The van der Waals surface area contributed by atoms with E-state index in [0.29, 0.717) is 0 Å². The van der Waals surface area contributed by atoms with E-state index in [1.165, 1.54) is 26.9 Å². The third-order valence-electron chi connectivity index (χ3n) is 4.13. The van der Waals surface area contributed by atoms with Crippen LogP contribution in [0.15, 0.2) is 53.9 Å². The molecule has 0 amide bonds. The van der Waals surface area contributed by atoms with Gasteiger partial charge in [0.15, 0.2) is 0 Å². The van der Waals surface area contributed by atoms with E-state index < -0.39 is 0 Å². The number of nitrogens with one attached hydrogen (secondary N) is 1. The number of hydrogen-bond donors (Lipinski definition) is 2. The Morgan fingerprint density at radius 3 is 2.80 bits per heavy atom. The van der Waals surface area contributed by atoms with E-state index in [0.717, 1.165) is 6.42 Å². The molecule has 0 unspecified atom stereocenters. The minimum atomic E-state index is -0.360. The van der Waals surface area contributed by atoms with Crippen LogP contribution in [0.1, 0.15) is 10.4 Å². The molecule has 3 heteroatoms. The van der Waals surface area contributed by atoms with Gasteiger partial charge in [0.25, 0.3) is 0 Å². The average Bonchev–Trinajstić information content (AvgIpc) is 3.15. The second kappa shape index (κ2) is 4.33. The molecule has 3 aromatic rings. The van der Waals surface area contributed by atoms with Crippen molar-refractivity contribution in [3.8, 4) is 0 Å². The van der Waals surface area contributed by atoms with E-state index in [1.807, 2.05) is 6.07 Å². The fourth-order valence-corrected chi connectivity index (χ4v) is 3.97. The van der Waals surface area contributed by atoms with E-state index in [4.69, 9.17) is 0 Å². The second-order valence-corrected chi connectivity index (χ2v) is 6.29. The van der Waals surface area contributed by atoms with Gasteiger partial charge in [0.2, 0.25) is 0 Å². The second-order valence-electron chi connectivity index (χ2n) is 5.34. The van der Waals surface area contributed by atoms with Crippen LogP contribution in [0.4, 0.5) is 5.69 Å².